The predicted molar refractivity (Wildman–Crippen MR) is 114 cm³/mol. The first-order valence-electron chi connectivity index (χ1n) is 9.69. The molecule has 2 aromatic rings. The Labute approximate surface area is 170 Å². The third kappa shape index (κ3) is 5.46. The molecule has 0 spiro atoms. The Kier molecular flexibility index (Phi) is 7.27. The van der Waals surface area contributed by atoms with Crippen molar-refractivity contribution in [3.05, 3.63) is 65.2 Å². The van der Waals surface area contributed by atoms with Crippen LogP contribution in [-0.4, -0.2) is 23.3 Å². The van der Waals surface area contributed by atoms with E-state index >= 15 is 0 Å². The van der Waals surface area contributed by atoms with Gasteiger partial charge < -0.3 is 4.74 Å². The molecule has 1 atom stereocenters. The van der Waals surface area contributed by atoms with E-state index in [1.165, 1.54) is 25.7 Å². The van der Waals surface area contributed by atoms with Crippen molar-refractivity contribution in [1.82, 2.24) is 0 Å². The second-order valence-electron chi connectivity index (χ2n) is 6.92. The molecular weight excluding hydrogens is 368 g/mol. The fraction of sp³-hybridized carbons (Fsp3) is 0.348. The van der Waals surface area contributed by atoms with Crippen LogP contribution in [0.3, 0.4) is 0 Å². The molecule has 1 aliphatic rings. The van der Waals surface area contributed by atoms with E-state index in [4.69, 9.17) is 15.0 Å². The number of benzene rings is 2. The van der Waals surface area contributed by atoms with E-state index < -0.39 is 5.97 Å². The first-order chi connectivity index (χ1) is 13.7. The lowest BCUT2D eigenvalue weighted by Gasteiger charge is -2.20. The number of aliphatic imine (C=N–C) groups is 1. The molecule has 1 aliphatic heterocycles. The summed E-state index contributed by atoms with van der Waals surface area (Å²) in [5.41, 5.74) is 2.07. The molecule has 5 heteroatoms. The van der Waals surface area contributed by atoms with Crippen molar-refractivity contribution in [1.29, 1.82) is 5.26 Å². The van der Waals surface area contributed by atoms with Gasteiger partial charge in [-0.25, -0.2) is 4.79 Å². The highest BCUT2D eigenvalue weighted by atomic mass is 32.2. The molecule has 0 fully saturated rings. The van der Waals surface area contributed by atoms with Crippen molar-refractivity contribution in [2.24, 2.45) is 10.9 Å². The lowest BCUT2D eigenvalue weighted by molar-refractivity contribution is 0.0735. The molecular formula is C23H24N2O2S. The molecule has 0 bridgehead atoms. The lowest BCUT2D eigenvalue weighted by atomic mass is 10.0. The number of carbonyl (C=O) groups excluding carboxylic acids is 1. The van der Waals surface area contributed by atoms with E-state index in [1.54, 1.807) is 36.4 Å². The Morgan fingerprint density at radius 1 is 1.18 bits per heavy atom. The van der Waals surface area contributed by atoms with Crippen LogP contribution >= 0.6 is 11.8 Å². The van der Waals surface area contributed by atoms with Gasteiger partial charge in [-0.1, -0.05) is 38.3 Å². The Hall–Kier alpha value is -2.58. The van der Waals surface area contributed by atoms with Gasteiger partial charge in [-0.05, 0) is 48.7 Å². The zero-order chi connectivity index (χ0) is 19.8. The highest BCUT2D eigenvalue weighted by Crippen LogP contribution is 2.26. The zero-order valence-electron chi connectivity index (χ0n) is 16.1. The number of hydrogen-bond donors (Lipinski definition) is 0. The molecule has 3 rings (SSSR count). The van der Waals surface area contributed by atoms with E-state index in [0.717, 1.165) is 22.9 Å². The highest BCUT2D eigenvalue weighted by Gasteiger charge is 2.17. The van der Waals surface area contributed by atoms with Gasteiger partial charge in [-0.3, -0.25) is 4.99 Å². The van der Waals surface area contributed by atoms with Crippen molar-refractivity contribution in [2.75, 3.05) is 12.3 Å². The predicted octanol–water partition coefficient (Wildman–Crippen LogP) is 5.47. The van der Waals surface area contributed by atoms with E-state index in [9.17, 15) is 4.79 Å². The van der Waals surface area contributed by atoms with Crippen LogP contribution in [0.2, 0.25) is 0 Å². The normalized spacial score (nSPS) is 16.1. The van der Waals surface area contributed by atoms with Crippen LogP contribution in [0.25, 0.3) is 0 Å². The van der Waals surface area contributed by atoms with Crippen molar-refractivity contribution < 1.29 is 9.53 Å². The number of rotatable bonds is 7. The maximum Gasteiger partial charge on any atom is 0.343 e. The summed E-state index contributed by atoms with van der Waals surface area (Å²) in [6.07, 6.45) is 5.12. The molecule has 0 saturated heterocycles. The minimum absolute atomic E-state index is 0.412. The van der Waals surface area contributed by atoms with E-state index in [0.29, 0.717) is 22.8 Å². The fourth-order valence-electron chi connectivity index (χ4n) is 3.05. The van der Waals surface area contributed by atoms with E-state index in [-0.39, 0.29) is 0 Å². The summed E-state index contributed by atoms with van der Waals surface area (Å²) in [7, 11) is 0. The zero-order valence-corrected chi connectivity index (χ0v) is 16.9. The van der Waals surface area contributed by atoms with Crippen molar-refractivity contribution in [3.8, 4) is 11.8 Å². The Balaban J connectivity index is 1.57. The van der Waals surface area contributed by atoms with Gasteiger partial charge in [0.05, 0.1) is 22.2 Å². The van der Waals surface area contributed by atoms with Crippen LogP contribution in [0.1, 0.15) is 54.1 Å². The number of nitrogens with zero attached hydrogens (tertiary/aromatic N) is 2. The summed E-state index contributed by atoms with van der Waals surface area (Å²) < 4.78 is 5.36. The smallest absolute Gasteiger partial charge is 0.343 e. The van der Waals surface area contributed by atoms with Crippen LogP contribution in [0, 0.1) is 17.2 Å². The number of ether oxygens (including phenoxy) is 1. The van der Waals surface area contributed by atoms with E-state index in [2.05, 4.69) is 6.92 Å². The van der Waals surface area contributed by atoms with Gasteiger partial charge in [-0.2, -0.15) is 5.26 Å². The maximum absolute atomic E-state index is 12.3. The van der Waals surface area contributed by atoms with E-state index in [1.807, 2.05) is 30.0 Å². The first kappa shape index (κ1) is 20.2. The molecule has 1 heterocycles. The molecule has 0 amide bonds. The molecule has 0 N–H and O–H groups in total. The minimum Gasteiger partial charge on any atom is -0.423 e. The summed E-state index contributed by atoms with van der Waals surface area (Å²) >= 11 is 1.81. The highest BCUT2D eigenvalue weighted by molar-refractivity contribution is 8.14. The van der Waals surface area contributed by atoms with Gasteiger partial charge in [0.25, 0.3) is 0 Å². The molecule has 4 nitrogen and oxygen atoms in total. The molecule has 0 aromatic heterocycles. The SMILES string of the molecule is CCCCCC1CN=C(c2ccc(C(=O)Oc3ccc(C#N)cc3)cc2)SC1. The summed E-state index contributed by atoms with van der Waals surface area (Å²) in [5, 5.41) is 9.87. The van der Waals surface area contributed by atoms with Crippen molar-refractivity contribution in [3.63, 3.8) is 0 Å². The average molecular weight is 393 g/mol. The molecule has 1 unspecified atom stereocenters. The van der Waals surface area contributed by atoms with Gasteiger partial charge >= 0.3 is 5.97 Å². The van der Waals surface area contributed by atoms with Crippen LogP contribution in [-0.2, 0) is 0 Å². The van der Waals surface area contributed by atoms with Crippen molar-refractivity contribution in [2.45, 2.75) is 32.6 Å². The molecule has 2 aromatic carbocycles. The summed E-state index contributed by atoms with van der Waals surface area (Å²) in [5.74, 6) is 1.81. The molecule has 0 aliphatic carbocycles. The average Bonchev–Trinajstić information content (AvgIpc) is 2.75. The molecule has 0 radical (unpaired) electrons. The number of unbranched alkanes of at least 4 members (excludes halogenated alkanes) is 2. The third-order valence-electron chi connectivity index (χ3n) is 4.73. The van der Waals surface area contributed by atoms with Gasteiger partial charge in [0, 0.05) is 17.9 Å². The Morgan fingerprint density at radius 3 is 2.54 bits per heavy atom. The number of carbonyl (C=O) groups is 1. The largest absolute Gasteiger partial charge is 0.423 e. The number of esters is 1. The lowest BCUT2D eigenvalue weighted by Crippen LogP contribution is -2.17. The van der Waals surface area contributed by atoms with Gasteiger partial charge in [0.15, 0.2) is 0 Å². The van der Waals surface area contributed by atoms with Crippen LogP contribution < -0.4 is 4.74 Å². The Bertz CT molecular complexity index is 867. The quantitative estimate of drug-likeness (QED) is 0.356. The standard InChI is InChI=1S/C23H24N2O2S/c1-2-3-4-5-18-15-25-22(28-16-18)19-8-10-20(11-9-19)23(26)27-21-12-6-17(14-24)7-13-21/h6-13,18H,2-5,15-16H2,1H3. The van der Waals surface area contributed by atoms with Crippen LogP contribution in [0.15, 0.2) is 53.5 Å². The monoisotopic (exact) mass is 392 g/mol. The second-order valence-corrected chi connectivity index (χ2v) is 7.93. The number of thioether (sulfide) groups is 1. The van der Waals surface area contributed by atoms with Gasteiger partial charge in [0.2, 0.25) is 0 Å². The Morgan fingerprint density at radius 2 is 1.93 bits per heavy atom. The van der Waals surface area contributed by atoms with Gasteiger partial charge in [-0.15, -0.1) is 11.8 Å². The molecule has 28 heavy (non-hydrogen) atoms. The fourth-order valence-corrected chi connectivity index (χ4v) is 4.19. The molecule has 144 valence electrons. The third-order valence-corrected chi connectivity index (χ3v) is 6.00. The van der Waals surface area contributed by atoms with Crippen LogP contribution in [0.4, 0.5) is 0 Å². The summed E-state index contributed by atoms with van der Waals surface area (Å²) in [6.45, 7) is 3.13. The minimum atomic E-state index is -0.412. The number of nitriles is 1. The number of hydrogen-bond acceptors (Lipinski definition) is 5. The second kappa shape index (κ2) is 10.1. The first-order valence-corrected chi connectivity index (χ1v) is 10.7. The van der Waals surface area contributed by atoms with Crippen molar-refractivity contribution >= 4 is 22.8 Å². The maximum atomic E-state index is 12.3. The summed E-state index contributed by atoms with van der Waals surface area (Å²) in [4.78, 5) is 17.1. The molecule has 0 saturated carbocycles. The van der Waals surface area contributed by atoms with Crippen LogP contribution in [0.5, 0.6) is 5.75 Å². The summed E-state index contributed by atoms with van der Waals surface area (Å²) in [6, 6.07) is 15.9. The topological polar surface area (TPSA) is 62.4 Å². The van der Waals surface area contributed by atoms with Gasteiger partial charge in [0.1, 0.15) is 5.75 Å².